The molecule has 3 N–H and O–H groups in total. The molecule has 0 radical (unpaired) electrons. The van der Waals surface area contributed by atoms with Crippen LogP contribution in [0.4, 0.5) is 26.3 Å². The highest BCUT2D eigenvalue weighted by atomic mass is 127. The fraction of sp³-hybridized carbons (Fsp3) is 0.118. The van der Waals surface area contributed by atoms with Crippen LogP contribution in [0.25, 0.3) is 21.8 Å². The monoisotopic (exact) mass is 574 g/mol. The van der Waals surface area contributed by atoms with E-state index in [1.165, 1.54) is 24.3 Å². The number of benzene rings is 2. The van der Waals surface area contributed by atoms with E-state index >= 15 is 0 Å². The van der Waals surface area contributed by atoms with Crippen molar-refractivity contribution in [3.63, 3.8) is 0 Å². The summed E-state index contributed by atoms with van der Waals surface area (Å²) < 4.78 is 79.8. The average molecular weight is 574 g/mol. The van der Waals surface area contributed by atoms with Crippen molar-refractivity contribution in [1.82, 2.24) is 20.4 Å². The van der Waals surface area contributed by atoms with Crippen LogP contribution >= 0.6 is 22.6 Å². The molecule has 2 aromatic heterocycles. The first kappa shape index (κ1) is 23.4. The summed E-state index contributed by atoms with van der Waals surface area (Å²) in [5.74, 6) is -2.07. The van der Waals surface area contributed by atoms with E-state index in [2.05, 4.69) is 29.9 Å². The first-order valence-electron chi connectivity index (χ1n) is 8.19. The molecule has 32 heavy (non-hydrogen) atoms. The van der Waals surface area contributed by atoms with E-state index in [-0.39, 0.29) is 16.8 Å². The summed E-state index contributed by atoms with van der Waals surface area (Å²) >= 11 is 1.95. The lowest BCUT2D eigenvalue weighted by Gasteiger charge is -2.08. The predicted molar refractivity (Wildman–Crippen MR) is 105 cm³/mol. The number of H-pyrrole nitrogens is 2. The van der Waals surface area contributed by atoms with Crippen LogP contribution in [0, 0.1) is 3.70 Å². The highest BCUT2D eigenvalue weighted by Crippen LogP contribution is 2.28. The molecule has 4 aromatic rings. The molecule has 2 heterocycles. The standard InChI is InChI=1S/C9H5F3N2O3.C8H4F3IN2O/c10-9(11,12)17-4-1-2-6-5(3-4)7(8(15)16)14-13-6;9-8(10,11)15-4-1-2-6-5(3-4)7(12)14-13-6/h1-3H,(H,13,14)(H,15,16);1-3H,(H,13,14). The summed E-state index contributed by atoms with van der Waals surface area (Å²) in [7, 11) is 0. The molecule has 0 saturated heterocycles. The minimum Gasteiger partial charge on any atom is -0.476 e. The maximum atomic E-state index is 12.0. The second-order valence-corrected chi connectivity index (χ2v) is 6.98. The number of hydrogen-bond donors (Lipinski definition) is 3. The van der Waals surface area contributed by atoms with Gasteiger partial charge in [0.2, 0.25) is 0 Å². The maximum Gasteiger partial charge on any atom is 0.573 e. The van der Waals surface area contributed by atoms with E-state index in [0.717, 1.165) is 12.1 Å². The van der Waals surface area contributed by atoms with E-state index in [1.807, 2.05) is 22.6 Å². The third-order valence-electron chi connectivity index (χ3n) is 3.68. The third-order valence-corrected chi connectivity index (χ3v) is 4.51. The van der Waals surface area contributed by atoms with Crippen molar-refractivity contribution < 1.29 is 45.7 Å². The molecule has 0 aliphatic carbocycles. The number of hydrogen-bond acceptors (Lipinski definition) is 5. The normalized spacial score (nSPS) is 11.8. The predicted octanol–water partition coefficient (Wildman–Crippen LogP) is 5.23. The minimum atomic E-state index is -4.82. The quantitative estimate of drug-likeness (QED) is 0.229. The van der Waals surface area contributed by atoms with Gasteiger partial charge in [0.05, 0.1) is 11.0 Å². The van der Waals surface area contributed by atoms with Gasteiger partial charge in [-0.2, -0.15) is 10.2 Å². The van der Waals surface area contributed by atoms with Crippen LogP contribution in [0.2, 0.25) is 0 Å². The Kier molecular flexibility index (Phi) is 6.38. The number of nitrogens with one attached hydrogen (secondary N) is 2. The molecule has 0 spiro atoms. The molecule has 2 aromatic carbocycles. The molecule has 4 rings (SSSR count). The zero-order valence-electron chi connectivity index (χ0n) is 15.2. The molecule has 0 saturated carbocycles. The van der Waals surface area contributed by atoms with Gasteiger partial charge in [-0.3, -0.25) is 10.2 Å². The van der Waals surface area contributed by atoms with E-state index < -0.39 is 24.4 Å². The van der Waals surface area contributed by atoms with Crippen molar-refractivity contribution in [1.29, 1.82) is 0 Å². The number of carbonyl (C=O) groups is 1. The number of aromatic amines is 2. The van der Waals surface area contributed by atoms with Gasteiger partial charge in [-0.05, 0) is 59.0 Å². The molecular formula is C17H9F6IN4O4. The second-order valence-electron chi connectivity index (χ2n) is 5.90. The maximum absolute atomic E-state index is 12.0. The van der Waals surface area contributed by atoms with Gasteiger partial charge in [0, 0.05) is 10.8 Å². The van der Waals surface area contributed by atoms with Crippen LogP contribution in [0.5, 0.6) is 11.5 Å². The van der Waals surface area contributed by atoms with Crippen molar-refractivity contribution in [3.8, 4) is 11.5 Å². The van der Waals surface area contributed by atoms with Gasteiger partial charge in [0.15, 0.2) is 5.69 Å². The highest BCUT2D eigenvalue weighted by molar-refractivity contribution is 14.1. The number of aromatic carboxylic acids is 1. The first-order valence-corrected chi connectivity index (χ1v) is 9.27. The smallest absolute Gasteiger partial charge is 0.476 e. The summed E-state index contributed by atoms with van der Waals surface area (Å²) in [6.07, 6.45) is -9.48. The molecule has 170 valence electrons. The zero-order chi connectivity index (χ0) is 23.7. The number of fused-ring (bicyclic) bond motifs is 2. The topological polar surface area (TPSA) is 113 Å². The number of aromatic nitrogens is 4. The van der Waals surface area contributed by atoms with Gasteiger partial charge < -0.3 is 14.6 Å². The van der Waals surface area contributed by atoms with Crippen LogP contribution in [0.1, 0.15) is 10.5 Å². The van der Waals surface area contributed by atoms with Crippen LogP contribution in [0.3, 0.4) is 0 Å². The molecule has 15 heteroatoms. The summed E-state index contributed by atoms with van der Waals surface area (Å²) in [6, 6.07) is 7.29. The first-order chi connectivity index (χ1) is 14.8. The third kappa shape index (κ3) is 5.92. The van der Waals surface area contributed by atoms with Crippen molar-refractivity contribution >= 4 is 50.4 Å². The SMILES string of the molecule is FC(F)(F)Oc1ccc2n[nH]c(I)c2c1.O=C(O)c1n[nH]c2ccc(OC(F)(F)F)cc12. The number of alkyl halides is 6. The van der Waals surface area contributed by atoms with Crippen molar-refractivity contribution in [3.05, 3.63) is 45.8 Å². The van der Waals surface area contributed by atoms with Gasteiger partial charge in [0.25, 0.3) is 0 Å². The van der Waals surface area contributed by atoms with Gasteiger partial charge >= 0.3 is 18.7 Å². The average Bonchev–Trinajstić information content (AvgIpc) is 3.23. The number of nitrogens with zero attached hydrogens (tertiary/aromatic N) is 2. The number of ether oxygens (including phenoxy) is 2. The number of rotatable bonds is 3. The van der Waals surface area contributed by atoms with E-state index in [4.69, 9.17) is 5.11 Å². The fourth-order valence-corrected chi connectivity index (χ4v) is 3.06. The Balaban J connectivity index is 0.000000182. The van der Waals surface area contributed by atoms with Gasteiger partial charge in [-0.25, -0.2) is 4.79 Å². The fourth-order valence-electron chi connectivity index (χ4n) is 2.51. The highest BCUT2D eigenvalue weighted by Gasteiger charge is 2.32. The van der Waals surface area contributed by atoms with Crippen LogP contribution in [0.15, 0.2) is 36.4 Å². The summed E-state index contributed by atoms with van der Waals surface area (Å²) in [6.45, 7) is 0. The summed E-state index contributed by atoms with van der Waals surface area (Å²) in [5.41, 5.74) is 0.568. The van der Waals surface area contributed by atoms with Gasteiger partial charge in [-0.15, -0.1) is 26.3 Å². The molecular weight excluding hydrogens is 565 g/mol. The lowest BCUT2D eigenvalue weighted by atomic mass is 10.2. The molecule has 0 fully saturated rings. The van der Waals surface area contributed by atoms with Crippen LogP contribution in [-0.2, 0) is 0 Å². The Labute approximate surface area is 186 Å². The minimum absolute atomic E-state index is 0.0549. The van der Waals surface area contributed by atoms with Gasteiger partial charge in [0.1, 0.15) is 15.2 Å². The molecule has 0 aliphatic heterocycles. The largest absolute Gasteiger partial charge is 0.573 e. The Morgan fingerprint density at radius 1 is 0.875 bits per heavy atom. The van der Waals surface area contributed by atoms with Crippen LogP contribution < -0.4 is 9.47 Å². The molecule has 0 atom stereocenters. The number of halogens is 7. The van der Waals surface area contributed by atoms with Gasteiger partial charge in [-0.1, -0.05) is 0 Å². The summed E-state index contributed by atoms with van der Waals surface area (Å²) in [5, 5.41) is 21.8. The molecule has 0 amide bonds. The molecule has 0 bridgehead atoms. The second kappa shape index (κ2) is 8.71. The van der Waals surface area contributed by atoms with E-state index in [1.54, 1.807) is 0 Å². The Hall–Kier alpha value is -3.24. The lowest BCUT2D eigenvalue weighted by molar-refractivity contribution is -0.275. The Morgan fingerprint density at radius 3 is 2.00 bits per heavy atom. The zero-order valence-corrected chi connectivity index (χ0v) is 17.3. The molecule has 8 nitrogen and oxygen atoms in total. The van der Waals surface area contributed by atoms with Crippen molar-refractivity contribution in [2.24, 2.45) is 0 Å². The molecule has 0 unspecified atom stereocenters. The van der Waals surface area contributed by atoms with Crippen molar-refractivity contribution in [2.75, 3.05) is 0 Å². The summed E-state index contributed by atoms with van der Waals surface area (Å²) in [4.78, 5) is 10.7. The Bertz CT molecular complexity index is 1270. The van der Waals surface area contributed by atoms with E-state index in [9.17, 15) is 31.1 Å². The lowest BCUT2D eigenvalue weighted by Crippen LogP contribution is -2.17. The molecule has 0 aliphatic rings. The Morgan fingerprint density at radius 2 is 1.44 bits per heavy atom. The van der Waals surface area contributed by atoms with Crippen molar-refractivity contribution in [2.45, 2.75) is 12.7 Å². The van der Waals surface area contributed by atoms with E-state index in [0.29, 0.717) is 20.1 Å². The number of carboxylic acids is 1. The number of carboxylic acid groups (broad SMARTS) is 1. The van der Waals surface area contributed by atoms with Crippen LogP contribution in [-0.4, -0.2) is 44.2 Å².